The summed E-state index contributed by atoms with van der Waals surface area (Å²) in [4.78, 5) is 5.78. The van der Waals surface area contributed by atoms with E-state index in [1.165, 1.54) is 0 Å². The summed E-state index contributed by atoms with van der Waals surface area (Å²) >= 11 is 0. The highest BCUT2D eigenvalue weighted by Gasteiger charge is 2.15. The van der Waals surface area contributed by atoms with Crippen LogP contribution in [0, 0.1) is 0 Å². The zero-order chi connectivity index (χ0) is 13.3. The Morgan fingerprint density at radius 3 is 2.61 bits per heavy atom. The van der Waals surface area contributed by atoms with Gasteiger partial charge in [0, 0.05) is 25.3 Å². The molecule has 7 nitrogen and oxygen atoms in total. The Hall–Kier alpha value is -1.93. The van der Waals surface area contributed by atoms with E-state index in [1.54, 1.807) is 6.07 Å². The van der Waals surface area contributed by atoms with Crippen LogP contribution in [0.1, 0.15) is 0 Å². The number of hydrogen-bond donors (Lipinski definition) is 2. The zero-order valence-corrected chi connectivity index (χ0v) is 10.8. The van der Waals surface area contributed by atoms with Crippen molar-refractivity contribution in [3.05, 3.63) is 24.3 Å². The predicted octanol–water partition coefficient (Wildman–Crippen LogP) is 0.185. The third-order valence-corrected chi connectivity index (χ3v) is 3.08. The van der Waals surface area contributed by atoms with Gasteiger partial charge in [-0.25, -0.2) is 18.7 Å². The summed E-state index contributed by atoms with van der Waals surface area (Å²) in [6.07, 6.45) is 0. The Kier molecular flexibility index (Phi) is 3.05. The molecular weight excluding hydrogens is 254 g/mol. The molecule has 1 aromatic carbocycles. The number of benzene rings is 1. The van der Waals surface area contributed by atoms with E-state index in [4.69, 9.17) is 5.14 Å². The van der Waals surface area contributed by atoms with Gasteiger partial charge in [-0.1, -0.05) is 12.1 Å². The first-order valence-corrected chi connectivity index (χ1v) is 6.65. The quantitative estimate of drug-likeness (QED) is 0.825. The number of nitrogens with zero attached hydrogens (tertiary/aromatic N) is 3. The maximum atomic E-state index is 11.1. The average molecular weight is 267 g/mol. The molecule has 0 radical (unpaired) electrons. The minimum absolute atomic E-state index is 0.294. The molecule has 0 bridgehead atoms. The van der Waals surface area contributed by atoms with Gasteiger partial charge < -0.3 is 4.90 Å². The number of hydrogen-bond acceptors (Lipinski definition) is 5. The van der Waals surface area contributed by atoms with Gasteiger partial charge in [-0.3, -0.25) is 0 Å². The zero-order valence-electron chi connectivity index (χ0n) is 9.95. The minimum atomic E-state index is -3.86. The molecular formula is C10H13N5O2S. The minimum Gasteiger partial charge on any atom is -0.378 e. The van der Waals surface area contributed by atoms with Crippen LogP contribution in [0.15, 0.2) is 29.4 Å². The van der Waals surface area contributed by atoms with Crippen molar-refractivity contribution in [2.24, 2.45) is 5.14 Å². The molecule has 0 unspecified atom stereocenters. The molecule has 0 spiro atoms. The Balaban J connectivity index is 2.43. The molecule has 1 aromatic heterocycles. The monoisotopic (exact) mass is 267 g/mol. The fourth-order valence-corrected chi connectivity index (χ4v) is 1.81. The van der Waals surface area contributed by atoms with Crippen LogP contribution in [0.4, 0.5) is 5.69 Å². The SMILES string of the molecule is CN(C)c1cccc(-c2n[nH]c(S(N)(=O)=O)n2)c1. The van der Waals surface area contributed by atoms with Gasteiger partial charge in [0.1, 0.15) is 0 Å². The molecule has 0 aliphatic carbocycles. The van der Waals surface area contributed by atoms with Crippen LogP contribution >= 0.6 is 0 Å². The van der Waals surface area contributed by atoms with Crippen LogP contribution in [0.3, 0.4) is 0 Å². The molecule has 0 fully saturated rings. The molecule has 1 heterocycles. The second-order valence-electron chi connectivity index (χ2n) is 3.95. The molecule has 0 atom stereocenters. The number of aromatic nitrogens is 3. The van der Waals surface area contributed by atoms with Gasteiger partial charge in [-0.05, 0) is 12.1 Å². The van der Waals surface area contributed by atoms with Crippen LogP contribution in [0.2, 0.25) is 0 Å². The number of anilines is 1. The van der Waals surface area contributed by atoms with Crippen molar-refractivity contribution in [1.82, 2.24) is 15.2 Å². The number of nitrogens with one attached hydrogen (secondary N) is 1. The molecule has 0 saturated heterocycles. The lowest BCUT2D eigenvalue weighted by molar-refractivity contribution is 0.589. The first-order valence-electron chi connectivity index (χ1n) is 5.11. The van der Waals surface area contributed by atoms with Crippen molar-refractivity contribution in [2.75, 3.05) is 19.0 Å². The van der Waals surface area contributed by atoms with Crippen molar-refractivity contribution in [1.29, 1.82) is 0 Å². The highest BCUT2D eigenvalue weighted by Crippen LogP contribution is 2.21. The molecule has 2 rings (SSSR count). The van der Waals surface area contributed by atoms with Crippen LogP contribution in [0.25, 0.3) is 11.4 Å². The maximum Gasteiger partial charge on any atom is 0.273 e. The Morgan fingerprint density at radius 2 is 2.06 bits per heavy atom. The first kappa shape index (κ1) is 12.5. The first-order chi connectivity index (χ1) is 8.38. The molecule has 0 saturated carbocycles. The summed E-state index contributed by atoms with van der Waals surface area (Å²) in [5.41, 5.74) is 1.68. The van der Waals surface area contributed by atoms with Crippen molar-refractivity contribution >= 4 is 15.7 Å². The van der Waals surface area contributed by atoms with E-state index in [-0.39, 0.29) is 5.16 Å². The summed E-state index contributed by atoms with van der Waals surface area (Å²) in [6.45, 7) is 0. The number of H-pyrrole nitrogens is 1. The van der Waals surface area contributed by atoms with Gasteiger partial charge in [0.05, 0.1) is 0 Å². The van der Waals surface area contributed by atoms with Crippen molar-refractivity contribution < 1.29 is 8.42 Å². The summed E-state index contributed by atoms with van der Waals surface area (Å²) in [6, 6.07) is 7.42. The molecule has 18 heavy (non-hydrogen) atoms. The van der Waals surface area contributed by atoms with E-state index < -0.39 is 10.0 Å². The number of aromatic amines is 1. The normalized spacial score (nSPS) is 11.5. The van der Waals surface area contributed by atoms with E-state index in [1.807, 2.05) is 37.2 Å². The molecule has 3 N–H and O–H groups in total. The van der Waals surface area contributed by atoms with Crippen molar-refractivity contribution in [2.45, 2.75) is 5.16 Å². The second kappa shape index (κ2) is 4.39. The van der Waals surface area contributed by atoms with Gasteiger partial charge in [0.15, 0.2) is 5.82 Å². The summed E-state index contributed by atoms with van der Waals surface area (Å²) in [7, 11) is -0.0369. The summed E-state index contributed by atoms with van der Waals surface area (Å²) in [5.74, 6) is 0.294. The number of primary sulfonamides is 1. The highest BCUT2D eigenvalue weighted by molar-refractivity contribution is 7.89. The van der Waals surface area contributed by atoms with E-state index in [0.29, 0.717) is 11.4 Å². The van der Waals surface area contributed by atoms with E-state index in [0.717, 1.165) is 5.69 Å². The standard InChI is InChI=1S/C10H13N5O2S/c1-15(2)8-5-3-4-7(6-8)9-12-10(14-13-9)18(11,16)17/h3-6H,1-2H3,(H2,11,16,17)(H,12,13,14). The lowest BCUT2D eigenvalue weighted by Gasteiger charge is -2.12. The fraction of sp³-hybridized carbons (Fsp3) is 0.200. The van der Waals surface area contributed by atoms with Crippen LogP contribution in [-0.4, -0.2) is 37.7 Å². The summed E-state index contributed by atoms with van der Waals surface area (Å²) in [5, 5.41) is 10.8. The lowest BCUT2D eigenvalue weighted by atomic mass is 10.2. The van der Waals surface area contributed by atoms with Crippen molar-refractivity contribution in [3.63, 3.8) is 0 Å². The third kappa shape index (κ3) is 2.49. The number of sulfonamides is 1. The largest absolute Gasteiger partial charge is 0.378 e. The van der Waals surface area contributed by atoms with Crippen LogP contribution in [-0.2, 0) is 10.0 Å². The van der Waals surface area contributed by atoms with Gasteiger partial charge in [0.25, 0.3) is 15.2 Å². The predicted molar refractivity (Wildman–Crippen MR) is 67.5 cm³/mol. The Labute approximate surface area is 105 Å². The number of rotatable bonds is 3. The van der Waals surface area contributed by atoms with E-state index >= 15 is 0 Å². The molecule has 8 heteroatoms. The molecule has 96 valence electrons. The molecule has 2 aromatic rings. The third-order valence-electron chi connectivity index (χ3n) is 2.36. The molecule has 0 aliphatic rings. The second-order valence-corrected chi connectivity index (χ2v) is 5.43. The van der Waals surface area contributed by atoms with Crippen LogP contribution < -0.4 is 10.0 Å². The lowest BCUT2D eigenvalue weighted by Crippen LogP contribution is -2.13. The maximum absolute atomic E-state index is 11.1. The Bertz CT molecular complexity index is 662. The van der Waals surface area contributed by atoms with Gasteiger partial charge >= 0.3 is 0 Å². The highest BCUT2D eigenvalue weighted by atomic mass is 32.2. The van der Waals surface area contributed by atoms with Crippen molar-refractivity contribution in [3.8, 4) is 11.4 Å². The molecule has 0 aliphatic heterocycles. The van der Waals surface area contributed by atoms with Crippen LogP contribution in [0.5, 0.6) is 0 Å². The van der Waals surface area contributed by atoms with Gasteiger partial charge in [-0.15, -0.1) is 0 Å². The topological polar surface area (TPSA) is 105 Å². The van der Waals surface area contributed by atoms with E-state index in [2.05, 4.69) is 15.2 Å². The van der Waals surface area contributed by atoms with E-state index in [9.17, 15) is 8.42 Å². The fourth-order valence-electron chi connectivity index (χ4n) is 1.43. The molecule has 0 amide bonds. The Morgan fingerprint density at radius 1 is 1.33 bits per heavy atom. The average Bonchev–Trinajstić information content (AvgIpc) is 2.78. The smallest absolute Gasteiger partial charge is 0.273 e. The summed E-state index contributed by atoms with van der Waals surface area (Å²) < 4.78 is 22.2. The van der Waals surface area contributed by atoms with Gasteiger partial charge in [-0.2, -0.15) is 10.1 Å². The number of nitrogens with two attached hydrogens (primary N) is 1. The van der Waals surface area contributed by atoms with Gasteiger partial charge in [0.2, 0.25) is 0 Å².